The number of hydrogen-bond donors (Lipinski definition) is 2. The van der Waals surface area contributed by atoms with Gasteiger partial charge < -0.3 is 19.7 Å². The van der Waals surface area contributed by atoms with Crippen molar-refractivity contribution in [1.29, 1.82) is 0 Å². The third-order valence-electron chi connectivity index (χ3n) is 4.91. The Balaban J connectivity index is 1.41. The Kier molecular flexibility index (Phi) is 5.23. The highest BCUT2D eigenvalue weighted by Crippen LogP contribution is 2.35. The average molecular weight is 417 g/mol. The zero-order chi connectivity index (χ0) is 20.4. The van der Waals surface area contributed by atoms with E-state index in [0.29, 0.717) is 35.8 Å². The third-order valence-corrected chi connectivity index (χ3v) is 5.50. The van der Waals surface area contributed by atoms with Crippen LogP contribution < -0.4 is 24.4 Å². The van der Waals surface area contributed by atoms with Gasteiger partial charge in [0.1, 0.15) is 0 Å². The van der Waals surface area contributed by atoms with Crippen LogP contribution in [0.15, 0.2) is 36.4 Å². The number of anilines is 3. The van der Waals surface area contributed by atoms with Gasteiger partial charge in [0.2, 0.25) is 22.7 Å². The van der Waals surface area contributed by atoms with E-state index in [1.54, 1.807) is 24.3 Å². The highest BCUT2D eigenvalue weighted by molar-refractivity contribution is 7.92. The molecule has 0 fully saturated rings. The molecule has 2 aliphatic heterocycles. The Hall–Kier alpha value is -2.94. The molecule has 0 atom stereocenters. The summed E-state index contributed by atoms with van der Waals surface area (Å²) < 4.78 is 36.5. The summed E-state index contributed by atoms with van der Waals surface area (Å²) in [6, 6.07) is 10.9. The lowest BCUT2D eigenvalue weighted by Gasteiger charge is -2.32. The number of carbonyl (C=O) groups excluding carboxylic acids is 1. The molecule has 8 nitrogen and oxygen atoms in total. The molecule has 9 heteroatoms. The lowest BCUT2D eigenvalue weighted by molar-refractivity contribution is -0.116. The van der Waals surface area contributed by atoms with E-state index in [2.05, 4.69) is 14.9 Å². The van der Waals surface area contributed by atoms with Gasteiger partial charge in [0, 0.05) is 37.0 Å². The van der Waals surface area contributed by atoms with Gasteiger partial charge in [-0.2, -0.15) is 0 Å². The highest BCUT2D eigenvalue weighted by Gasteiger charge is 2.21. The largest absolute Gasteiger partial charge is 0.454 e. The van der Waals surface area contributed by atoms with Gasteiger partial charge in [0.15, 0.2) is 11.5 Å². The molecule has 0 bridgehead atoms. The molecule has 0 aromatic heterocycles. The van der Waals surface area contributed by atoms with Crippen LogP contribution in [0, 0.1) is 0 Å². The number of nitrogens with zero attached hydrogens (tertiary/aromatic N) is 1. The van der Waals surface area contributed by atoms with Crippen LogP contribution >= 0.6 is 0 Å². The molecule has 0 radical (unpaired) electrons. The van der Waals surface area contributed by atoms with Crippen LogP contribution in [0.3, 0.4) is 0 Å². The zero-order valence-electron chi connectivity index (χ0n) is 16.1. The van der Waals surface area contributed by atoms with Crippen LogP contribution in [0.2, 0.25) is 0 Å². The van der Waals surface area contributed by atoms with E-state index < -0.39 is 10.0 Å². The molecular formula is C20H23N3O5S. The van der Waals surface area contributed by atoms with E-state index in [-0.39, 0.29) is 12.7 Å². The van der Waals surface area contributed by atoms with E-state index in [1.165, 1.54) is 0 Å². The van der Waals surface area contributed by atoms with Gasteiger partial charge in [-0.1, -0.05) is 6.07 Å². The number of nitrogens with one attached hydrogen (secondary N) is 2. The van der Waals surface area contributed by atoms with E-state index >= 15 is 0 Å². The van der Waals surface area contributed by atoms with E-state index in [1.807, 2.05) is 12.1 Å². The first kappa shape index (κ1) is 19.4. The topological polar surface area (TPSA) is 97.0 Å². The van der Waals surface area contributed by atoms with E-state index in [0.717, 1.165) is 36.9 Å². The smallest absolute Gasteiger partial charge is 0.231 e. The number of sulfonamides is 1. The number of ether oxygens (including phenoxy) is 2. The summed E-state index contributed by atoms with van der Waals surface area (Å²) >= 11 is 0. The molecule has 2 aliphatic rings. The quantitative estimate of drug-likeness (QED) is 0.750. The maximum Gasteiger partial charge on any atom is 0.231 e. The van der Waals surface area contributed by atoms with Crippen molar-refractivity contribution in [2.24, 2.45) is 0 Å². The number of fused-ring (bicyclic) bond motifs is 2. The molecule has 0 spiro atoms. The molecule has 2 N–H and O–H groups in total. The standard InChI is InChI=1S/C20H23N3O5S/c1-29(25,26)22-16-5-2-6-17-15(16)4-3-10-23(17)11-9-20(24)21-14-7-8-18-19(12-14)28-13-27-18/h2,5-8,12,22H,3-4,9-11,13H2,1H3,(H,21,24). The predicted octanol–water partition coefficient (Wildman–Crippen LogP) is 2.57. The molecule has 0 saturated heterocycles. The minimum absolute atomic E-state index is 0.0959. The number of rotatable bonds is 6. The van der Waals surface area contributed by atoms with Crippen molar-refractivity contribution in [3.63, 3.8) is 0 Å². The molecule has 0 unspecified atom stereocenters. The number of amides is 1. The highest BCUT2D eigenvalue weighted by atomic mass is 32.2. The molecule has 4 rings (SSSR count). The first-order valence-electron chi connectivity index (χ1n) is 9.43. The average Bonchev–Trinajstić information content (AvgIpc) is 3.13. The van der Waals surface area contributed by atoms with Crippen LogP contribution in [0.25, 0.3) is 0 Å². The first-order chi connectivity index (χ1) is 13.9. The summed E-state index contributed by atoms with van der Waals surface area (Å²) in [6.07, 6.45) is 3.16. The first-order valence-corrected chi connectivity index (χ1v) is 11.3. The van der Waals surface area contributed by atoms with Crippen molar-refractivity contribution in [3.05, 3.63) is 42.0 Å². The maximum atomic E-state index is 12.4. The number of hydrogen-bond acceptors (Lipinski definition) is 6. The van der Waals surface area contributed by atoms with Gasteiger partial charge in [-0.05, 0) is 42.7 Å². The predicted molar refractivity (Wildman–Crippen MR) is 111 cm³/mol. The van der Waals surface area contributed by atoms with E-state index in [4.69, 9.17) is 9.47 Å². The fourth-order valence-electron chi connectivity index (χ4n) is 3.66. The van der Waals surface area contributed by atoms with Crippen molar-refractivity contribution in [2.75, 3.05) is 41.1 Å². The fraction of sp³-hybridized carbons (Fsp3) is 0.350. The molecule has 2 aromatic carbocycles. The van der Waals surface area contributed by atoms with Gasteiger partial charge in [-0.3, -0.25) is 9.52 Å². The van der Waals surface area contributed by atoms with Crippen molar-refractivity contribution >= 4 is 33.0 Å². The molecule has 1 amide bonds. The zero-order valence-corrected chi connectivity index (χ0v) is 16.9. The third kappa shape index (κ3) is 4.56. The molecule has 2 heterocycles. The summed E-state index contributed by atoms with van der Waals surface area (Å²) in [5.41, 5.74) is 3.22. The lowest BCUT2D eigenvalue weighted by Crippen LogP contribution is -2.33. The molecule has 0 aliphatic carbocycles. The molecule has 2 aromatic rings. The summed E-state index contributed by atoms with van der Waals surface area (Å²) in [5, 5.41) is 2.88. The number of carbonyl (C=O) groups is 1. The van der Waals surface area contributed by atoms with Crippen molar-refractivity contribution in [3.8, 4) is 11.5 Å². The Bertz CT molecular complexity index is 1040. The van der Waals surface area contributed by atoms with Gasteiger partial charge in [0.05, 0.1) is 11.9 Å². The van der Waals surface area contributed by atoms with Crippen molar-refractivity contribution < 1.29 is 22.7 Å². The van der Waals surface area contributed by atoms with Crippen molar-refractivity contribution in [1.82, 2.24) is 0 Å². The fourth-order valence-corrected chi connectivity index (χ4v) is 4.25. The SMILES string of the molecule is CS(=O)(=O)Nc1cccc2c1CCCN2CCC(=O)Nc1ccc2c(c1)OCO2. The Labute approximate surface area is 169 Å². The Morgan fingerprint density at radius 3 is 2.83 bits per heavy atom. The summed E-state index contributed by atoms with van der Waals surface area (Å²) in [6.45, 7) is 1.57. The van der Waals surface area contributed by atoms with Gasteiger partial charge in [-0.25, -0.2) is 8.42 Å². The molecule has 29 heavy (non-hydrogen) atoms. The van der Waals surface area contributed by atoms with Crippen LogP contribution in [-0.2, 0) is 21.2 Å². The Morgan fingerprint density at radius 1 is 1.17 bits per heavy atom. The second-order valence-electron chi connectivity index (χ2n) is 7.13. The lowest BCUT2D eigenvalue weighted by atomic mass is 10.00. The summed E-state index contributed by atoms with van der Waals surface area (Å²) in [4.78, 5) is 14.6. The van der Waals surface area contributed by atoms with Gasteiger partial charge in [-0.15, -0.1) is 0 Å². The minimum Gasteiger partial charge on any atom is -0.454 e. The summed E-state index contributed by atoms with van der Waals surface area (Å²) in [5.74, 6) is 1.20. The van der Waals surface area contributed by atoms with Crippen LogP contribution in [0.1, 0.15) is 18.4 Å². The van der Waals surface area contributed by atoms with Crippen LogP contribution in [0.5, 0.6) is 11.5 Å². The van der Waals surface area contributed by atoms with Crippen molar-refractivity contribution in [2.45, 2.75) is 19.3 Å². The van der Waals surface area contributed by atoms with Crippen LogP contribution in [0.4, 0.5) is 17.1 Å². The van der Waals surface area contributed by atoms with Crippen LogP contribution in [-0.4, -0.2) is 40.5 Å². The second-order valence-corrected chi connectivity index (χ2v) is 8.88. The van der Waals surface area contributed by atoms with E-state index in [9.17, 15) is 13.2 Å². The molecule has 154 valence electrons. The Morgan fingerprint density at radius 2 is 2.00 bits per heavy atom. The molecule has 0 saturated carbocycles. The second kappa shape index (κ2) is 7.82. The summed E-state index contributed by atoms with van der Waals surface area (Å²) in [7, 11) is -3.34. The number of benzene rings is 2. The maximum absolute atomic E-state index is 12.4. The monoisotopic (exact) mass is 417 g/mol. The van der Waals surface area contributed by atoms with Gasteiger partial charge >= 0.3 is 0 Å². The van der Waals surface area contributed by atoms with Gasteiger partial charge in [0.25, 0.3) is 0 Å². The normalized spacial score (nSPS) is 15.0. The molecular weight excluding hydrogens is 394 g/mol. The minimum atomic E-state index is -3.34.